The molecule has 32 heavy (non-hydrogen) atoms. The third-order valence-corrected chi connectivity index (χ3v) is 4.76. The van der Waals surface area contributed by atoms with Crippen molar-refractivity contribution < 1.29 is 23.5 Å². The Bertz CT molecular complexity index is 965. The molecule has 0 spiro atoms. The highest BCUT2D eigenvalue weighted by Gasteiger charge is 2.25. The molecule has 1 aromatic heterocycles. The van der Waals surface area contributed by atoms with Crippen LogP contribution in [-0.2, 0) is 9.53 Å². The van der Waals surface area contributed by atoms with Gasteiger partial charge >= 0.3 is 6.09 Å². The zero-order chi connectivity index (χ0) is 23.1. The molecule has 1 aromatic carbocycles. The Morgan fingerprint density at radius 2 is 1.97 bits per heavy atom. The summed E-state index contributed by atoms with van der Waals surface area (Å²) in [6, 6.07) is 7.86. The van der Waals surface area contributed by atoms with Gasteiger partial charge in [0.15, 0.2) is 11.6 Å². The van der Waals surface area contributed by atoms with E-state index in [4.69, 9.17) is 9.47 Å². The minimum atomic E-state index is -0.548. The van der Waals surface area contributed by atoms with E-state index in [9.17, 15) is 14.0 Å². The summed E-state index contributed by atoms with van der Waals surface area (Å²) in [6.45, 7) is 6.49. The van der Waals surface area contributed by atoms with Gasteiger partial charge in [0.05, 0.1) is 6.20 Å². The Morgan fingerprint density at radius 3 is 2.59 bits per heavy atom. The van der Waals surface area contributed by atoms with Crippen LogP contribution in [0.2, 0.25) is 0 Å². The van der Waals surface area contributed by atoms with Crippen molar-refractivity contribution in [3.63, 3.8) is 0 Å². The van der Waals surface area contributed by atoms with Gasteiger partial charge in [0.1, 0.15) is 11.4 Å². The van der Waals surface area contributed by atoms with Crippen molar-refractivity contribution in [1.29, 1.82) is 0 Å². The van der Waals surface area contributed by atoms with Crippen LogP contribution in [0.5, 0.6) is 11.5 Å². The van der Waals surface area contributed by atoms with Crippen LogP contribution in [0.1, 0.15) is 39.2 Å². The number of nitrogens with zero attached hydrogens (tertiary/aromatic N) is 2. The quantitative estimate of drug-likeness (QED) is 0.689. The Kier molecular flexibility index (Phi) is 7.45. The minimum absolute atomic E-state index is 0.0284. The zero-order valence-electron chi connectivity index (χ0n) is 18.5. The molecule has 0 bridgehead atoms. The predicted molar refractivity (Wildman–Crippen MR) is 119 cm³/mol. The third-order valence-electron chi connectivity index (χ3n) is 4.76. The molecule has 1 saturated heterocycles. The number of ether oxygens (including phenoxy) is 2. The Balaban J connectivity index is 1.49. The Hall–Kier alpha value is -3.42. The maximum Gasteiger partial charge on any atom is 0.407 e. The number of piperidine rings is 1. The molecule has 170 valence electrons. The SMILES string of the molecule is CC(C)(C)OC(=O)NC1CCN(C(=O)/C=C/c2ccc(Oc3cccnc3)c(F)c2)CC1. The molecule has 2 aromatic rings. The molecule has 1 fully saturated rings. The first-order chi connectivity index (χ1) is 15.2. The van der Waals surface area contributed by atoms with Crippen molar-refractivity contribution in [3.8, 4) is 11.5 Å². The van der Waals surface area contributed by atoms with Crippen molar-refractivity contribution in [2.45, 2.75) is 45.3 Å². The highest BCUT2D eigenvalue weighted by atomic mass is 19.1. The molecule has 1 N–H and O–H groups in total. The number of pyridine rings is 1. The molecule has 0 radical (unpaired) electrons. The van der Waals surface area contributed by atoms with Gasteiger partial charge in [-0.15, -0.1) is 0 Å². The minimum Gasteiger partial charge on any atom is -0.453 e. The first kappa shape index (κ1) is 23.2. The van der Waals surface area contributed by atoms with Crippen LogP contribution in [0, 0.1) is 5.82 Å². The highest BCUT2D eigenvalue weighted by Crippen LogP contribution is 2.25. The number of halogens is 1. The predicted octanol–water partition coefficient (Wildman–Crippen LogP) is 4.54. The summed E-state index contributed by atoms with van der Waals surface area (Å²) in [6.07, 6.45) is 6.95. The summed E-state index contributed by atoms with van der Waals surface area (Å²) in [7, 11) is 0. The maximum absolute atomic E-state index is 14.3. The Morgan fingerprint density at radius 1 is 1.22 bits per heavy atom. The van der Waals surface area contributed by atoms with Gasteiger partial charge in [-0.3, -0.25) is 9.78 Å². The van der Waals surface area contributed by atoms with E-state index < -0.39 is 17.5 Å². The third kappa shape index (κ3) is 7.08. The number of carbonyl (C=O) groups excluding carboxylic acids is 2. The van der Waals surface area contributed by atoms with Crippen molar-refractivity contribution in [3.05, 3.63) is 60.2 Å². The summed E-state index contributed by atoms with van der Waals surface area (Å²) in [4.78, 5) is 30.0. The van der Waals surface area contributed by atoms with Crippen LogP contribution in [-0.4, -0.2) is 46.6 Å². The van der Waals surface area contributed by atoms with Gasteiger partial charge in [-0.2, -0.15) is 0 Å². The van der Waals surface area contributed by atoms with Crippen LogP contribution < -0.4 is 10.1 Å². The van der Waals surface area contributed by atoms with E-state index in [1.165, 1.54) is 24.4 Å². The molecule has 0 saturated carbocycles. The molecule has 0 atom stereocenters. The highest BCUT2D eigenvalue weighted by molar-refractivity contribution is 5.91. The largest absolute Gasteiger partial charge is 0.453 e. The number of benzene rings is 1. The number of carbonyl (C=O) groups is 2. The smallest absolute Gasteiger partial charge is 0.407 e. The molecule has 2 heterocycles. The molecule has 8 heteroatoms. The van der Waals surface area contributed by atoms with Gasteiger partial charge in [0, 0.05) is 31.4 Å². The van der Waals surface area contributed by atoms with E-state index in [-0.39, 0.29) is 17.7 Å². The molecule has 3 rings (SSSR count). The zero-order valence-corrected chi connectivity index (χ0v) is 18.5. The lowest BCUT2D eigenvalue weighted by Crippen LogP contribution is -2.47. The second-order valence-electron chi connectivity index (χ2n) is 8.56. The van der Waals surface area contributed by atoms with Crippen LogP contribution in [0.15, 0.2) is 48.8 Å². The fourth-order valence-corrected chi connectivity index (χ4v) is 3.23. The van der Waals surface area contributed by atoms with Gasteiger partial charge in [-0.05, 0) is 69.5 Å². The van der Waals surface area contributed by atoms with E-state index in [0.29, 0.717) is 37.2 Å². The number of hydrogen-bond acceptors (Lipinski definition) is 5. The summed E-state index contributed by atoms with van der Waals surface area (Å²) in [5, 5.41) is 2.85. The number of hydrogen-bond donors (Lipinski definition) is 1. The fourth-order valence-electron chi connectivity index (χ4n) is 3.23. The normalized spacial score (nSPS) is 14.9. The maximum atomic E-state index is 14.3. The van der Waals surface area contributed by atoms with Crippen molar-refractivity contribution in [1.82, 2.24) is 15.2 Å². The fraction of sp³-hybridized carbons (Fsp3) is 0.375. The molecule has 1 aliphatic heterocycles. The number of rotatable bonds is 5. The van der Waals surface area contributed by atoms with E-state index in [0.717, 1.165) is 0 Å². The number of nitrogens with one attached hydrogen (secondary N) is 1. The van der Waals surface area contributed by atoms with Crippen LogP contribution in [0.4, 0.5) is 9.18 Å². The van der Waals surface area contributed by atoms with Crippen LogP contribution in [0.3, 0.4) is 0 Å². The van der Waals surface area contributed by atoms with Gasteiger partial charge in [0.25, 0.3) is 0 Å². The second kappa shape index (κ2) is 10.3. The lowest BCUT2D eigenvalue weighted by Gasteiger charge is -2.32. The number of alkyl carbamates (subject to hydrolysis) is 1. The summed E-state index contributed by atoms with van der Waals surface area (Å²) >= 11 is 0. The lowest BCUT2D eigenvalue weighted by atomic mass is 10.1. The van der Waals surface area contributed by atoms with E-state index >= 15 is 0 Å². The average Bonchev–Trinajstić information content (AvgIpc) is 2.73. The number of amides is 2. The summed E-state index contributed by atoms with van der Waals surface area (Å²) in [5.41, 5.74) is 0.00421. The van der Waals surface area contributed by atoms with E-state index in [2.05, 4.69) is 10.3 Å². The molecule has 7 nitrogen and oxygen atoms in total. The number of aromatic nitrogens is 1. The van der Waals surface area contributed by atoms with E-state index in [1.807, 2.05) is 20.8 Å². The summed E-state index contributed by atoms with van der Waals surface area (Å²) in [5.74, 6) is -0.162. The van der Waals surface area contributed by atoms with Gasteiger partial charge in [-0.25, -0.2) is 9.18 Å². The molecular formula is C24H28FN3O4. The Labute approximate surface area is 187 Å². The molecular weight excluding hydrogens is 413 g/mol. The molecule has 0 aliphatic carbocycles. The van der Waals surface area contributed by atoms with Crippen molar-refractivity contribution in [2.75, 3.05) is 13.1 Å². The molecule has 1 aliphatic rings. The first-order valence-electron chi connectivity index (χ1n) is 10.5. The molecule has 0 unspecified atom stereocenters. The van der Waals surface area contributed by atoms with E-state index in [1.54, 1.807) is 35.4 Å². The monoisotopic (exact) mass is 441 g/mol. The van der Waals surface area contributed by atoms with Gasteiger partial charge < -0.3 is 19.7 Å². The van der Waals surface area contributed by atoms with Gasteiger partial charge in [-0.1, -0.05) is 6.07 Å². The standard InChI is InChI=1S/C24H28FN3O4/c1-24(2,3)32-23(30)27-18-10-13-28(14-11-18)22(29)9-7-17-6-8-21(20(25)15-17)31-19-5-4-12-26-16-19/h4-9,12,15-16,18H,10-11,13-14H2,1-3H3,(H,27,30)/b9-7+. The molecule has 2 amide bonds. The van der Waals surface area contributed by atoms with Crippen molar-refractivity contribution in [2.24, 2.45) is 0 Å². The second-order valence-corrected chi connectivity index (χ2v) is 8.56. The van der Waals surface area contributed by atoms with Crippen molar-refractivity contribution >= 4 is 18.1 Å². The van der Waals surface area contributed by atoms with Crippen LogP contribution in [0.25, 0.3) is 6.08 Å². The van der Waals surface area contributed by atoms with Crippen LogP contribution >= 0.6 is 0 Å². The average molecular weight is 442 g/mol. The first-order valence-corrected chi connectivity index (χ1v) is 10.5. The lowest BCUT2D eigenvalue weighted by molar-refractivity contribution is -0.127. The topological polar surface area (TPSA) is 80.8 Å². The van der Waals surface area contributed by atoms with Gasteiger partial charge in [0.2, 0.25) is 5.91 Å². The summed E-state index contributed by atoms with van der Waals surface area (Å²) < 4.78 is 25.1. The number of likely N-dealkylation sites (tertiary alicyclic amines) is 1.